The number of ether oxygens (including phenoxy) is 1. The van der Waals surface area contributed by atoms with Gasteiger partial charge >= 0.3 is 0 Å². The lowest BCUT2D eigenvalue weighted by molar-refractivity contribution is 0.282. The minimum Gasteiger partial charge on any atom is -0.493 e. The van der Waals surface area contributed by atoms with Crippen molar-refractivity contribution in [1.29, 1.82) is 0 Å². The Morgan fingerprint density at radius 2 is 2.00 bits per heavy atom. The van der Waals surface area contributed by atoms with E-state index < -0.39 is 0 Å². The van der Waals surface area contributed by atoms with Gasteiger partial charge in [-0.25, -0.2) is 0 Å². The summed E-state index contributed by atoms with van der Waals surface area (Å²) in [6.07, 6.45) is 2.60. The molecule has 0 unspecified atom stereocenters. The van der Waals surface area contributed by atoms with Gasteiger partial charge in [-0.05, 0) is 18.6 Å². The number of aliphatic hydroxyl groups is 1. The number of hydrogen-bond donors (Lipinski definition) is 1. The van der Waals surface area contributed by atoms with Crippen molar-refractivity contribution < 1.29 is 9.84 Å². The summed E-state index contributed by atoms with van der Waals surface area (Å²) < 4.78 is 5.34. The number of para-hydroxylation sites is 1. The van der Waals surface area contributed by atoms with Crippen molar-refractivity contribution in [2.45, 2.75) is 6.42 Å². The Hall–Kier alpha value is -1.02. The van der Waals surface area contributed by atoms with Gasteiger partial charge < -0.3 is 9.84 Å². The maximum absolute atomic E-state index is 8.48. The maximum Gasteiger partial charge on any atom is 0.119 e. The van der Waals surface area contributed by atoms with Crippen LogP contribution in [0, 0.1) is 6.42 Å². The molecule has 0 bridgehead atoms. The third-order valence-corrected chi connectivity index (χ3v) is 1.44. The molecule has 1 aromatic rings. The summed E-state index contributed by atoms with van der Waals surface area (Å²) in [6.45, 7) is 0.753. The number of aliphatic hydroxyl groups excluding tert-OH is 1. The normalized spacial score (nSPS) is 9.75. The van der Waals surface area contributed by atoms with Crippen LogP contribution in [0.4, 0.5) is 0 Å². The first-order valence-electron chi connectivity index (χ1n) is 4.04. The third-order valence-electron chi connectivity index (χ3n) is 1.44. The van der Waals surface area contributed by atoms with Crippen LogP contribution in [0.15, 0.2) is 30.3 Å². The Balaban J connectivity index is 2.16. The molecule has 12 heavy (non-hydrogen) atoms. The van der Waals surface area contributed by atoms with E-state index in [0.717, 1.165) is 5.75 Å². The Kier molecular flexibility index (Phi) is 4.24. The van der Waals surface area contributed by atoms with E-state index in [1.807, 2.05) is 36.8 Å². The van der Waals surface area contributed by atoms with Crippen LogP contribution in [0.5, 0.6) is 5.75 Å². The minimum absolute atomic E-state index is 0.193. The molecule has 0 aliphatic rings. The van der Waals surface area contributed by atoms with Gasteiger partial charge in [0, 0.05) is 13.0 Å². The zero-order chi connectivity index (χ0) is 8.65. The number of unbranched alkanes of at least 4 members (excludes halogenated alkanes) is 1. The average Bonchev–Trinajstić information content (AvgIpc) is 2.14. The predicted molar refractivity (Wildman–Crippen MR) is 47.9 cm³/mol. The standard InChI is InChI=1S/C10H13O2/c11-8-4-5-9-12-10-6-2-1-3-7-10/h1-3,5-7,11H,4,8-9H2. The zero-order valence-corrected chi connectivity index (χ0v) is 6.94. The lowest BCUT2D eigenvalue weighted by Gasteiger charge is -2.03. The molecular weight excluding hydrogens is 152 g/mol. The van der Waals surface area contributed by atoms with Crippen molar-refractivity contribution in [1.82, 2.24) is 0 Å². The smallest absolute Gasteiger partial charge is 0.119 e. The Labute approximate surface area is 72.8 Å². The minimum atomic E-state index is 0.193. The lowest BCUT2D eigenvalue weighted by Crippen LogP contribution is -1.98. The molecule has 0 aliphatic carbocycles. The highest BCUT2D eigenvalue weighted by molar-refractivity contribution is 5.20. The molecule has 65 valence electrons. The van der Waals surface area contributed by atoms with E-state index in [-0.39, 0.29) is 6.61 Å². The summed E-state index contributed by atoms with van der Waals surface area (Å²) in [6, 6.07) is 9.63. The second-order valence-corrected chi connectivity index (χ2v) is 2.43. The first-order valence-corrected chi connectivity index (χ1v) is 4.04. The van der Waals surface area contributed by atoms with E-state index >= 15 is 0 Å². The van der Waals surface area contributed by atoms with Crippen molar-refractivity contribution >= 4 is 0 Å². The number of rotatable bonds is 5. The van der Waals surface area contributed by atoms with Crippen molar-refractivity contribution in [3.05, 3.63) is 36.8 Å². The van der Waals surface area contributed by atoms with E-state index in [1.165, 1.54) is 0 Å². The van der Waals surface area contributed by atoms with Gasteiger partial charge in [0.05, 0.1) is 6.61 Å². The highest BCUT2D eigenvalue weighted by atomic mass is 16.5. The topological polar surface area (TPSA) is 29.5 Å². The van der Waals surface area contributed by atoms with Crippen LogP contribution in [0.2, 0.25) is 0 Å². The van der Waals surface area contributed by atoms with Gasteiger partial charge in [0.1, 0.15) is 5.75 Å². The van der Waals surface area contributed by atoms with Crippen LogP contribution in [0.3, 0.4) is 0 Å². The molecule has 0 atom stereocenters. The Morgan fingerprint density at radius 3 is 2.67 bits per heavy atom. The molecule has 0 amide bonds. The molecule has 2 heteroatoms. The first kappa shape index (κ1) is 9.07. The van der Waals surface area contributed by atoms with E-state index in [9.17, 15) is 0 Å². The van der Waals surface area contributed by atoms with Crippen LogP contribution in [-0.4, -0.2) is 18.3 Å². The Bertz CT molecular complexity index is 196. The molecule has 1 radical (unpaired) electrons. The summed E-state index contributed by atoms with van der Waals surface area (Å²) in [4.78, 5) is 0. The highest BCUT2D eigenvalue weighted by Gasteiger charge is 1.90. The second-order valence-electron chi connectivity index (χ2n) is 2.43. The van der Waals surface area contributed by atoms with Crippen LogP contribution in [0.1, 0.15) is 6.42 Å². The van der Waals surface area contributed by atoms with Gasteiger partial charge in [0.25, 0.3) is 0 Å². The molecular formula is C10H13O2. The SMILES string of the molecule is OCC[CH]COc1ccccc1. The second kappa shape index (κ2) is 5.61. The van der Waals surface area contributed by atoms with Gasteiger partial charge in [0.2, 0.25) is 0 Å². The van der Waals surface area contributed by atoms with Crippen molar-refractivity contribution in [2.24, 2.45) is 0 Å². The summed E-state index contributed by atoms with van der Waals surface area (Å²) in [5, 5.41) is 8.48. The molecule has 1 rings (SSSR count). The first-order chi connectivity index (χ1) is 5.93. The monoisotopic (exact) mass is 165 g/mol. The Morgan fingerprint density at radius 1 is 1.25 bits per heavy atom. The van der Waals surface area contributed by atoms with Crippen molar-refractivity contribution in [3.8, 4) is 5.75 Å². The van der Waals surface area contributed by atoms with Gasteiger partial charge in [-0.3, -0.25) is 0 Å². The molecule has 0 spiro atoms. The van der Waals surface area contributed by atoms with Gasteiger partial charge in [-0.2, -0.15) is 0 Å². The lowest BCUT2D eigenvalue weighted by atomic mass is 10.3. The van der Waals surface area contributed by atoms with E-state index in [2.05, 4.69) is 0 Å². The van der Waals surface area contributed by atoms with Crippen LogP contribution in [-0.2, 0) is 0 Å². The molecule has 0 aromatic heterocycles. The molecule has 1 N–H and O–H groups in total. The van der Waals surface area contributed by atoms with E-state index in [4.69, 9.17) is 9.84 Å². The summed E-state index contributed by atoms with van der Waals surface area (Å²) >= 11 is 0. The fourth-order valence-corrected chi connectivity index (χ4v) is 0.846. The van der Waals surface area contributed by atoms with Crippen molar-refractivity contribution in [2.75, 3.05) is 13.2 Å². The van der Waals surface area contributed by atoms with Crippen LogP contribution < -0.4 is 4.74 Å². The molecule has 0 aliphatic heterocycles. The number of benzene rings is 1. The molecule has 0 heterocycles. The van der Waals surface area contributed by atoms with Crippen LogP contribution >= 0.6 is 0 Å². The summed E-state index contributed by atoms with van der Waals surface area (Å²) in [5.41, 5.74) is 0. The predicted octanol–water partition coefficient (Wildman–Crippen LogP) is 1.65. The highest BCUT2D eigenvalue weighted by Crippen LogP contribution is 2.08. The third kappa shape index (κ3) is 3.39. The fourth-order valence-electron chi connectivity index (χ4n) is 0.846. The quantitative estimate of drug-likeness (QED) is 0.672. The average molecular weight is 165 g/mol. The van der Waals surface area contributed by atoms with E-state index in [0.29, 0.717) is 13.0 Å². The summed E-state index contributed by atoms with van der Waals surface area (Å²) in [5.74, 6) is 0.867. The molecule has 0 saturated heterocycles. The molecule has 0 saturated carbocycles. The van der Waals surface area contributed by atoms with Gasteiger partial charge in [0.15, 0.2) is 0 Å². The maximum atomic E-state index is 8.48. The van der Waals surface area contributed by atoms with Crippen molar-refractivity contribution in [3.63, 3.8) is 0 Å². The molecule has 0 fully saturated rings. The summed E-state index contributed by atoms with van der Waals surface area (Å²) in [7, 11) is 0. The van der Waals surface area contributed by atoms with Gasteiger partial charge in [-0.15, -0.1) is 0 Å². The van der Waals surface area contributed by atoms with Gasteiger partial charge in [-0.1, -0.05) is 18.2 Å². The molecule has 1 aromatic carbocycles. The largest absolute Gasteiger partial charge is 0.493 e. The van der Waals surface area contributed by atoms with Crippen LogP contribution in [0.25, 0.3) is 0 Å². The molecule has 2 nitrogen and oxygen atoms in total. The van der Waals surface area contributed by atoms with E-state index in [1.54, 1.807) is 0 Å². The zero-order valence-electron chi connectivity index (χ0n) is 6.94. The number of hydrogen-bond acceptors (Lipinski definition) is 2. The fraction of sp³-hybridized carbons (Fsp3) is 0.300.